The second kappa shape index (κ2) is 5.79. The predicted octanol–water partition coefficient (Wildman–Crippen LogP) is 3.37. The van der Waals surface area contributed by atoms with E-state index in [-0.39, 0.29) is 24.6 Å². The van der Waals surface area contributed by atoms with Crippen molar-refractivity contribution in [2.75, 3.05) is 29.5 Å². The summed E-state index contributed by atoms with van der Waals surface area (Å²) in [5.41, 5.74) is -1.65. The van der Waals surface area contributed by atoms with Crippen LogP contribution in [0.25, 0.3) is 4.72 Å². The highest BCUT2D eigenvalue weighted by molar-refractivity contribution is 8.36. The first-order valence-corrected chi connectivity index (χ1v) is 8.02. The number of rotatable bonds is 3. The van der Waals surface area contributed by atoms with Gasteiger partial charge in [-0.25, -0.2) is 4.39 Å². The van der Waals surface area contributed by atoms with Crippen molar-refractivity contribution in [1.29, 1.82) is 0 Å². The predicted molar refractivity (Wildman–Crippen MR) is 72.5 cm³/mol. The summed E-state index contributed by atoms with van der Waals surface area (Å²) in [6.07, 6.45) is -4.81. The number of benzene rings is 1. The molecule has 3 nitrogen and oxygen atoms in total. The van der Waals surface area contributed by atoms with E-state index in [1.54, 1.807) is 0 Å². The minimum atomic E-state index is -4.81. The zero-order valence-electron chi connectivity index (χ0n) is 10.6. The average molecular weight is 311 g/mol. The van der Waals surface area contributed by atoms with Gasteiger partial charge >= 0.3 is 6.30 Å². The van der Waals surface area contributed by atoms with Crippen LogP contribution >= 0.6 is 10.2 Å². The first-order valence-electron chi connectivity index (χ1n) is 6.03. The number of nitrogens with zero attached hydrogens (tertiary/aromatic N) is 2. The number of aliphatic hydroxyl groups is 1. The van der Waals surface area contributed by atoms with Crippen LogP contribution < -0.4 is 4.90 Å². The molecule has 1 unspecified atom stereocenters. The maximum atomic E-state index is 13.3. The van der Waals surface area contributed by atoms with Gasteiger partial charge in [-0.2, -0.15) is 13.2 Å². The number of halogens is 4. The van der Waals surface area contributed by atoms with Crippen LogP contribution in [0.3, 0.4) is 0 Å². The topological polar surface area (TPSA) is 37.6 Å². The summed E-state index contributed by atoms with van der Waals surface area (Å²) in [7, 11) is -3.07. The average Bonchev–Trinajstić information content (AvgIpc) is 2.38. The molecular formula is C12H15F4N2OS-. The van der Waals surface area contributed by atoms with Gasteiger partial charge in [0.25, 0.3) is 0 Å². The highest BCUT2D eigenvalue weighted by Crippen LogP contribution is 2.62. The second-order valence-corrected chi connectivity index (χ2v) is 7.67. The van der Waals surface area contributed by atoms with Gasteiger partial charge < -0.3 is 14.7 Å². The third kappa shape index (κ3) is 3.56. The molecule has 0 aromatic heterocycles. The lowest BCUT2D eigenvalue weighted by molar-refractivity contribution is -0.0847. The fourth-order valence-electron chi connectivity index (χ4n) is 2.18. The number of hydrogen-bond donors (Lipinski definition) is 1. The van der Waals surface area contributed by atoms with E-state index in [0.717, 1.165) is 5.69 Å². The van der Waals surface area contributed by atoms with Gasteiger partial charge in [0.15, 0.2) is 0 Å². The van der Waals surface area contributed by atoms with Crippen molar-refractivity contribution in [3.05, 3.63) is 35.1 Å². The molecule has 1 N–H and O–H groups in total. The standard InChI is InChI=1S/C12H15F4N2OS/c13-11(19)20(17-12(14,15)16)8-6-18(7-9-20)10-4-2-1-3-5-10/h1-5,11,19H,6-9H2/q-1. The lowest BCUT2D eigenvalue weighted by Crippen LogP contribution is -2.41. The summed E-state index contributed by atoms with van der Waals surface area (Å²) in [6, 6.07) is 9.18. The molecule has 8 heteroatoms. The second-order valence-electron chi connectivity index (χ2n) is 4.48. The third-order valence-electron chi connectivity index (χ3n) is 3.20. The van der Waals surface area contributed by atoms with Crippen molar-refractivity contribution < 1.29 is 22.7 Å². The highest BCUT2D eigenvalue weighted by Gasteiger charge is 2.34. The normalized spacial score (nSPS) is 22.4. The van der Waals surface area contributed by atoms with Crippen LogP contribution in [-0.2, 0) is 0 Å². The van der Waals surface area contributed by atoms with Crippen LogP contribution in [0.5, 0.6) is 0 Å². The third-order valence-corrected chi connectivity index (χ3v) is 6.27. The molecule has 0 aliphatic carbocycles. The maximum Gasteiger partial charge on any atom is 0.318 e. The van der Waals surface area contributed by atoms with Crippen LogP contribution in [0.2, 0.25) is 0 Å². The fourth-order valence-corrected chi connectivity index (χ4v) is 4.53. The Morgan fingerprint density at radius 3 is 2.15 bits per heavy atom. The molecule has 0 saturated carbocycles. The van der Waals surface area contributed by atoms with Crippen molar-refractivity contribution in [3.8, 4) is 0 Å². The Kier molecular flexibility index (Phi) is 4.46. The van der Waals surface area contributed by atoms with E-state index in [9.17, 15) is 17.6 Å². The van der Waals surface area contributed by atoms with Crippen molar-refractivity contribution in [2.24, 2.45) is 0 Å². The van der Waals surface area contributed by atoms with Crippen LogP contribution in [0.15, 0.2) is 30.3 Å². The van der Waals surface area contributed by atoms with Gasteiger partial charge in [0.2, 0.25) is 5.69 Å². The number of aliphatic hydroxyl groups excluding tert-OH is 1. The van der Waals surface area contributed by atoms with E-state index < -0.39 is 22.2 Å². The van der Waals surface area contributed by atoms with Gasteiger partial charge in [-0.05, 0) is 23.6 Å². The summed E-state index contributed by atoms with van der Waals surface area (Å²) < 4.78 is 53.2. The zero-order valence-corrected chi connectivity index (χ0v) is 11.4. The summed E-state index contributed by atoms with van der Waals surface area (Å²) in [4.78, 5) is 1.87. The molecule has 1 aliphatic heterocycles. The van der Waals surface area contributed by atoms with Gasteiger partial charge in [0, 0.05) is 18.8 Å². The largest absolute Gasteiger partial charge is 0.523 e. The van der Waals surface area contributed by atoms with Gasteiger partial charge in [-0.1, -0.05) is 18.2 Å². The van der Waals surface area contributed by atoms with E-state index in [0.29, 0.717) is 0 Å². The van der Waals surface area contributed by atoms with Crippen molar-refractivity contribution in [3.63, 3.8) is 0 Å². The Balaban J connectivity index is 2.07. The maximum absolute atomic E-state index is 13.3. The van der Waals surface area contributed by atoms with E-state index >= 15 is 0 Å². The molecule has 1 aromatic rings. The molecule has 1 saturated heterocycles. The van der Waals surface area contributed by atoms with Crippen molar-refractivity contribution in [1.82, 2.24) is 0 Å². The lowest BCUT2D eigenvalue weighted by atomic mass is 10.3. The molecule has 114 valence electrons. The Morgan fingerprint density at radius 1 is 1.15 bits per heavy atom. The smallest absolute Gasteiger partial charge is 0.318 e. The Hall–Kier alpha value is -0.990. The molecule has 1 atom stereocenters. The first kappa shape index (κ1) is 15.4. The van der Waals surface area contributed by atoms with Gasteiger partial charge in [0.1, 0.15) is 0 Å². The fraction of sp³-hybridized carbons (Fsp3) is 0.500. The monoisotopic (exact) mass is 311 g/mol. The Bertz CT molecular complexity index is 433. The summed E-state index contributed by atoms with van der Waals surface area (Å²) in [5, 5.41) is 9.11. The van der Waals surface area contributed by atoms with E-state index in [1.165, 1.54) is 0 Å². The molecule has 20 heavy (non-hydrogen) atoms. The van der Waals surface area contributed by atoms with Crippen molar-refractivity contribution >= 4 is 15.9 Å². The Labute approximate surface area is 116 Å². The molecule has 1 heterocycles. The molecule has 0 spiro atoms. The molecule has 1 aromatic carbocycles. The number of para-hydroxylation sites is 1. The van der Waals surface area contributed by atoms with Crippen LogP contribution in [0, 0.1) is 0 Å². The number of anilines is 1. The minimum Gasteiger partial charge on any atom is -0.523 e. The highest BCUT2D eigenvalue weighted by atomic mass is 32.3. The first-order chi connectivity index (χ1) is 9.32. The van der Waals surface area contributed by atoms with E-state index in [2.05, 4.69) is 4.72 Å². The van der Waals surface area contributed by atoms with Crippen LogP contribution in [0.4, 0.5) is 23.2 Å². The van der Waals surface area contributed by atoms with Crippen LogP contribution in [-0.4, -0.2) is 41.7 Å². The molecule has 1 fully saturated rings. The summed E-state index contributed by atoms with van der Waals surface area (Å²) >= 11 is 0. The number of hydrogen-bond acceptors (Lipinski definition) is 2. The Morgan fingerprint density at radius 2 is 1.70 bits per heavy atom. The lowest BCUT2D eigenvalue weighted by Gasteiger charge is -2.57. The SMILES string of the molecule is OC(F)S1([N-]C(F)(F)F)CCN(c2ccccc2)CC1. The summed E-state index contributed by atoms with van der Waals surface area (Å²) in [6.45, 7) is 0.500. The molecule has 2 rings (SSSR count). The van der Waals surface area contributed by atoms with Crippen molar-refractivity contribution in [2.45, 2.75) is 12.0 Å². The molecule has 0 radical (unpaired) electrons. The van der Waals surface area contributed by atoms with E-state index in [1.807, 2.05) is 35.2 Å². The van der Waals surface area contributed by atoms with Gasteiger partial charge in [-0.3, -0.25) is 10.2 Å². The molecular weight excluding hydrogens is 296 g/mol. The van der Waals surface area contributed by atoms with E-state index in [4.69, 9.17) is 5.11 Å². The summed E-state index contributed by atoms with van der Waals surface area (Å²) in [5.74, 6) is -0.196. The minimum absolute atomic E-state index is 0.0981. The molecule has 0 bridgehead atoms. The quantitative estimate of drug-likeness (QED) is 0.686. The van der Waals surface area contributed by atoms with Gasteiger partial charge in [-0.15, -0.1) is 0 Å². The number of alkyl halides is 4. The van der Waals surface area contributed by atoms with Gasteiger partial charge in [0.05, 0.1) is 0 Å². The zero-order chi connectivity index (χ0) is 14.8. The molecule has 1 aliphatic rings. The van der Waals surface area contributed by atoms with Crippen LogP contribution in [0.1, 0.15) is 0 Å². The molecule has 0 amide bonds.